The molecule has 2 rings (SSSR count). The fourth-order valence-corrected chi connectivity index (χ4v) is 3.60. The van der Waals surface area contributed by atoms with Gasteiger partial charge in [0.2, 0.25) is 5.91 Å². The standard InChI is InChI=1S/C15H24N2O2S/c1-2-5-12(16)15(19)17-8-3-6-11(17)10-13(18)14-7-4-9-20-14/h4,7,9,11-13,18H,2-3,5-6,8,10,16H2,1H3. The van der Waals surface area contributed by atoms with Crippen LogP contribution in [0.15, 0.2) is 17.5 Å². The van der Waals surface area contributed by atoms with Crippen LogP contribution in [0, 0.1) is 0 Å². The zero-order chi connectivity index (χ0) is 14.5. The number of rotatable bonds is 6. The zero-order valence-corrected chi connectivity index (χ0v) is 12.8. The molecule has 1 aliphatic heterocycles. The largest absolute Gasteiger partial charge is 0.387 e. The molecular formula is C15H24N2O2S. The van der Waals surface area contributed by atoms with E-state index in [-0.39, 0.29) is 18.0 Å². The average molecular weight is 296 g/mol. The van der Waals surface area contributed by atoms with Gasteiger partial charge in [0, 0.05) is 17.5 Å². The van der Waals surface area contributed by atoms with Gasteiger partial charge in [0.1, 0.15) is 0 Å². The lowest BCUT2D eigenvalue weighted by atomic mass is 10.0. The lowest BCUT2D eigenvalue weighted by molar-refractivity contribution is -0.134. The van der Waals surface area contributed by atoms with Crippen molar-refractivity contribution >= 4 is 17.2 Å². The number of aliphatic hydroxyl groups is 1. The molecule has 112 valence electrons. The highest BCUT2D eigenvalue weighted by molar-refractivity contribution is 7.10. The monoisotopic (exact) mass is 296 g/mol. The number of hydrogen-bond donors (Lipinski definition) is 2. The number of hydrogen-bond acceptors (Lipinski definition) is 4. The Bertz CT molecular complexity index is 422. The summed E-state index contributed by atoms with van der Waals surface area (Å²) in [7, 11) is 0. The lowest BCUT2D eigenvalue weighted by Gasteiger charge is -2.28. The number of carbonyl (C=O) groups is 1. The number of thiophene rings is 1. The van der Waals surface area contributed by atoms with Crippen LogP contribution in [0.5, 0.6) is 0 Å². The van der Waals surface area contributed by atoms with Crippen molar-refractivity contribution in [3.05, 3.63) is 22.4 Å². The average Bonchev–Trinajstić information content (AvgIpc) is 3.09. The Labute approximate surface area is 124 Å². The molecule has 5 heteroatoms. The minimum Gasteiger partial charge on any atom is -0.387 e. The van der Waals surface area contributed by atoms with E-state index >= 15 is 0 Å². The SMILES string of the molecule is CCCC(N)C(=O)N1CCCC1CC(O)c1cccs1. The highest BCUT2D eigenvalue weighted by atomic mass is 32.1. The first kappa shape index (κ1) is 15.5. The van der Waals surface area contributed by atoms with Gasteiger partial charge in [-0.1, -0.05) is 19.4 Å². The molecule has 0 aromatic carbocycles. The molecule has 20 heavy (non-hydrogen) atoms. The minimum absolute atomic E-state index is 0.0488. The summed E-state index contributed by atoms with van der Waals surface area (Å²) < 4.78 is 0. The molecule has 0 bridgehead atoms. The molecule has 1 aliphatic rings. The van der Waals surface area contributed by atoms with Crippen LogP contribution in [0.4, 0.5) is 0 Å². The van der Waals surface area contributed by atoms with Crippen LogP contribution in [0.1, 0.15) is 50.0 Å². The van der Waals surface area contributed by atoms with Crippen LogP contribution >= 0.6 is 11.3 Å². The first-order valence-corrected chi connectivity index (χ1v) is 8.29. The predicted molar refractivity (Wildman–Crippen MR) is 81.5 cm³/mol. The summed E-state index contributed by atoms with van der Waals surface area (Å²) in [6.45, 7) is 2.81. The van der Waals surface area contributed by atoms with Gasteiger partial charge in [-0.2, -0.15) is 0 Å². The molecule has 3 N–H and O–H groups in total. The number of amides is 1. The van der Waals surface area contributed by atoms with Gasteiger partial charge in [0.15, 0.2) is 0 Å². The van der Waals surface area contributed by atoms with E-state index in [2.05, 4.69) is 0 Å². The smallest absolute Gasteiger partial charge is 0.239 e. The number of carbonyl (C=O) groups excluding carboxylic acids is 1. The van der Waals surface area contributed by atoms with Gasteiger partial charge in [-0.15, -0.1) is 11.3 Å². The van der Waals surface area contributed by atoms with E-state index in [1.165, 1.54) is 0 Å². The first-order chi connectivity index (χ1) is 9.63. The number of likely N-dealkylation sites (tertiary alicyclic amines) is 1. The molecule has 1 saturated heterocycles. The molecule has 1 amide bonds. The quantitative estimate of drug-likeness (QED) is 0.846. The van der Waals surface area contributed by atoms with Crippen LogP contribution in [-0.2, 0) is 4.79 Å². The van der Waals surface area contributed by atoms with Gasteiger partial charge in [-0.05, 0) is 37.1 Å². The molecule has 1 aromatic heterocycles. The van der Waals surface area contributed by atoms with Crippen LogP contribution in [0.3, 0.4) is 0 Å². The molecular weight excluding hydrogens is 272 g/mol. The Kier molecular flexibility index (Phi) is 5.57. The van der Waals surface area contributed by atoms with Gasteiger partial charge in [0.25, 0.3) is 0 Å². The Hall–Kier alpha value is -0.910. The molecule has 2 heterocycles. The maximum atomic E-state index is 12.3. The molecule has 0 saturated carbocycles. The second-order valence-corrected chi connectivity index (χ2v) is 6.47. The van der Waals surface area contributed by atoms with Crippen LogP contribution in [-0.4, -0.2) is 34.5 Å². The van der Waals surface area contributed by atoms with Crippen molar-refractivity contribution in [2.75, 3.05) is 6.54 Å². The second kappa shape index (κ2) is 7.20. The van der Waals surface area contributed by atoms with Crippen molar-refractivity contribution in [2.45, 2.75) is 57.2 Å². The van der Waals surface area contributed by atoms with Crippen molar-refractivity contribution in [2.24, 2.45) is 5.73 Å². The summed E-state index contributed by atoms with van der Waals surface area (Å²) in [4.78, 5) is 15.2. The third-order valence-corrected chi connectivity index (χ3v) is 4.92. The molecule has 3 atom stereocenters. The molecule has 3 unspecified atom stereocenters. The summed E-state index contributed by atoms with van der Waals surface area (Å²) in [5, 5.41) is 12.2. The fraction of sp³-hybridized carbons (Fsp3) is 0.667. The summed E-state index contributed by atoms with van der Waals surface area (Å²) in [6.07, 6.45) is 3.76. The van der Waals surface area contributed by atoms with Crippen molar-refractivity contribution in [1.29, 1.82) is 0 Å². The Morgan fingerprint density at radius 3 is 3.10 bits per heavy atom. The van der Waals surface area contributed by atoms with Crippen molar-refractivity contribution in [1.82, 2.24) is 4.90 Å². The van der Waals surface area contributed by atoms with Crippen LogP contribution in [0.25, 0.3) is 0 Å². The van der Waals surface area contributed by atoms with E-state index < -0.39 is 6.10 Å². The number of nitrogens with two attached hydrogens (primary N) is 1. The van der Waals surface area contributed by atoms with Crippen LogP contribution in [0.2, 0.25) is 0 Å². The van der Waals surface area contributed by atoms with Gasteiger partial charge in [-0.3, -0.25) is 4.79 Å². The van der Waals surface area contributed by atoms with E-state index in [1.807, 2.05) is 29.3 Å². The van der Waals surface area contributed by atoms with Gasteiger partial charge < -0.3 is 15.7 Å². The van der Waals surface area contributed by atoms with Crippen LogP contribution < -0.4 is 5.73 Å². The number of nitrogens with zero attached hydrogens (tertiary/aromatic N) is 1. The van der Waals surface area contributed by atoms with E-state index in [1.54, 1.807) is 11.3 Å². The molecule has 0 aliphatic carbocycles. The summed E-state index contributed by atoms with van der Waals surface area (Å²) in [5.41, 5.74) is 5.94. The number of aliphatic hydroxyl groups excluding tert-OH is 1. The molecule has 0 radical (unpaired) electrons. The maximum Gasteiger partial charge on any atom is 0.239 e. The summed E-state index contributed by atoms with van der Waals surface area (Å²) in [6, 6.07) is 3.62. The van der Waals surface area contributed by atoms with Crippen molar-refractivity contribution in [3.8, 4) is 0 Å². The van der Waals surface area contributed by atoms with Gasteiger partial charge >= 0.3 is 0 Å². The molecule has 4 nitrogen and oxygen atoms in total. The Morgan fingerprint density at radius 2 is 2.45 bits per heavy atom. The van der Waals surface area contributed by atoms with Crippen molar-refractivity contribution < 1.29 is 9.90 Å². The zero-order valence-electron chi connectivity index (χ0n) is 12.0. The van der Waals surface area contributed by atoms with Gasteiger partial charge in [0.05, 0.1) is 12.1 Å². The lowest BCUT2D eigenvalue weighted by Crippen LogP contribution is -2.46. The van der Waals surface area contributed by atoms with E-state index in [0.29, 0.717) is 6.42 Å². The van der Waals surface area contributed by atoms with Crippen molar-refractivity contribution in [3.63, 3.8) is 0 Å². The van der Waals surface area contributed by atoms with Gasteiger partial charge in [-0.25, -0.2) is 0 Å². The first-order valence-electron chi connectivity index (χ1n) is 7.41. The van der Waals surface area contributed by atoms with E-state index in [0.717, 1.165) is 37.1 Å². The maximum absolute atomic E-state index is 12.3. The highest BCUT2D eigenvalue weighted by Gasteiger charge is 2.32. The summed E-state index contributed by atoms with van der Waals surface area (Å²) >= 11 is 1.56. The van der Waals surface area contributed by atoms with E-state index in [4.69, 9.17) is 5.73 Å². The fourth-order valence-electron chi connectivity index (χ4n) is 2.87. The normalized spacial score (nSPS) is 21.9. The predicted octanol–water partition coefficient (Wildman–Crippen LogP) is 2.29. The molecule has 1 aromatic rings. The highest BCUT2D eigenvalue weighted by Crippen LogP contribution is 2.29. The summed E-state index contributed by atoms with van der Waals surface area (Å²) in [5.74, 6) is 0.0488. The minimum atomic E-state index is -0.476. The molecule has 1 fully saturated rings. The topological polar surface area (TPSA) is 66.6 Å². The second-order valence-electron chi connectivity index (χ2n) is 5.49. The molecule has 0 spiro atoms. The van der Waals surface area contributed by atoms with E-state index in [9.17, 15) is 9.90 Å². The Morgan fingerprint density at radius 1 is 1.65 bits per heavy atom. The Balaban J connectivity index is 1.95. The third-order valence-electron chi connectivity index (χ3n) is 3.94. The third kappa shape index (κ3) is 3.59.